The summed E-state index contributed by atoms with van der Waals surface area (Å²) >= 11 is 0. The van der Waals surface area contributed by atoms with Crippen molar-refractivity contribution in [2.45, 2.75) is 53.0 Å². The Morgan fingerprint density at radius 1 is 1.23 bits per heavy atom. The lowest BCUT2D eigenvalue weighted by Gasteiger charge is -2.38. The molecule has 1 saturated heterocycles. The maximum absolute atomic E-state index is 11.8. The van der Waals surface area contributed by atoms with Crippen molar-refractivity contribution in [2.75, 3.05) is 25.0 Å². The number of hydrogen-bond acceptors (Lipinski definition) is 2. The molecule has 0 aromatic heterocycles. The van der Waals surface area contributed by atoms with Crippen LogP contribution >= 0.6 is 0 Å². The lowest BCUT2D eigenvalue weighted by atomic mass is 9.68. The summed E-state index contributed by atoms with van der Waals surface area (Å²) in [5, 5.41) is 6.37. The molecule has 3 rings (SSSR count). The fourth-order valence-corrected chi connectivity index (χ4v) is 3.77. The molecule has 142 valence electrons. The summed E-state index contributed by atoms with van der Waals surface area (Å²) in [5.74, 6) is 1.07. The Kier molecular flexibility index (Phi) is 5.84. The van der Waals surface area contributed by atoms with Gasteiger partial charge < -0.3 is 15.5 Å². The Bertz CT molecular complexity index is 646. The van der Waals surface area contributed by atoms with Gasteiger partial charge in [-0.25, -0.2) is 4.99 Å². The van der Waals surface area contributed by atoms with Gasteiger partial charge in [0.2, 0.25) is 5.91 Å². The molecule has 26 heavy (non-hydrogen) atoms. The van der Waals surface area contributed by atoms with Gasteiger partial charge in [-0.15, -0.1) is 0 Å². The van der Waals surface area contributed by atoms with Crippen molar-refractivity contribution in [2.24, 2.45) is 16.3 Å². The fraction of sp³-hybridized carbons (Fsp3) is 0.619. The van der Waals surface area contributed by atoms with Crippen molar-refractivity contribution in [3.8, 4) is 0 Å². The molecule has 2 N–H and O–H groups in total. The van der Waals surface area contributed by atoms with Crippen LogP contribution in [0.25, 0.3) is 0 Å². The summed E-state index contributed by atoms with van der Waals surface area (Å²) in [6.07, 6.45) is 5.46. The average Bonchev–Trinajstić information content (AvgIpc) is 3.06. The predicted octanol–water partition coefficient (Wildman–Crippen LogP) is 3.62. The monoisotopic (exact) mass is 356 g/mol. The number of amides is 1. The van der Waals surface area contributed by atoms with Crippen LogP contribution in [0.15, 0.2) is 29.3 Å². The smallest absolute Gasteiger partial charge is 0.226 e. The normalized spacial score (nSPS) is 18.9. The van der Waals surface area contributed by atoms with Crippen molar-refractivity contribution >= 4 is 17.6 Å². The van der Waals surface area contributed by atoms with Crippen molar-refractivity contribution in [3.05, 3.63) is 29.8 Å². The Morgan fingerprint density at radius 2 is 1.96 bits per heavy atom. The van der Waals surface area contributed by atoms with Gasteiger partial charge in [-0.3, -0.25) is 4.79 Å². The Hall–Kier alpha value is -2.04. The van der Waals surface area contributed by atoms with E-state index in [0.29, 0.717) is 12.0 Å². The molecule has 1 aliphatic heterocycles. The van der Waals surface area contributed by atoms with E-state index in [0.717, 1.165) is 36.8 Å². The van der Waals surface area contributed by atoms with E-state index in [1.807, 2.05) is 38.1 Å². The van der Waals surface area contributed by atoms with Crippen LogP contribution in [0.3, 0.4) is 0 Å². The summed E-state index contributed by atoms with van der Waals surface area (Å²) in [6.45, 7) is 9.73. The van der Waals surface area contributed by atoms with Crippen molar-refractivity contribution in [3.63, 3.8) is 0 Å². The van der Waals surface area contributed by atoms with Gasteiger partial charge in [-0.2, -0.15) is 0 Å². The molecule has 0 unspecified atom stereocenters. The van der Waals surface area contributed by atoms with E-state index >= 15 is 0 Å². The molecule has 1 saturated carbocycles. The van der Waals surface area contributed by atoms with Gasteiger partial charge in [0.1, 0.15) is 0 Å². The Morgan fingerprint density at radius 3 is 2.50 bits per heavy atom. The van der Waals surface area contributed by atoms with Gasteiger partial charge in [0.25, 0.3) is 0 Å². The predicted molar refractivity (Wildman–Crippen MR) is 107 cm³/mol. The number of nitrogens with zero attached hydrogens (tertiary/aromatic N) is 2. The second-order valence-corrected chi connectivity index (χ2v) is 8.04. The van der Waals surface area contributed by atoms with Crippen LogP contribution in [0.4, 0.5) is 5.69 Å². The minimum Gasteiger partial charge on any atom is -0.357 e. The highest BCUT2D eigenvalue weighted by atomic mass is 16.1. The van der Waals surface area contributed by atoms with Crippen LogP contribution < -0.4 is 10.6 Å². The third-order valence-electron chi connectivity index (χ3n) is 5.64. The van der Waals surface area contributed by atoms with Crippen LogP contribution in [-0.2, 0) is 11.3 Å². The largest absolute Gasteiger partial charge is 0.357 e. The SMILES string of the molecule is CCNC(=NCc1ccc(NC(=O)C(C)C)cc1)N1CCC2(CCC2)C1. The molecule has 2 fully saturated rings. The molecule has 5 heteroatoms. The third kappa shape index (κ3) is 4.37. The van der Waals surface area contributed by atoms with Crippen LogP contribution in [0.5, 0.6) is 0 Å². The maximum Gasteiger partial charge on any atom is 0.226 e. The number of hydrogen-bond donors (Lipinski definition) is 2. The molecule has 2 aliphatic rings. The van der Waals surface area contributed by atoms with Gasteiger partial charge in [-0.05, 0) is 49.3 Å². The highest BCUT2D eigenvalue weighted by molar-refractivity contribution is 5.92. The molecular formula is C21H32N4O. The molecule has 1 aromatic carbocycles. The minimum atomic E-state index is -0.0126. The molecular weight excluding hydrogens is 324 g/mol. The van der Waals surface area contributed by atoms with Crippen LogP contribution in [0.2, 0.25) is 0 Å². The zero-order valence-electron chi connectivity index (χ0n) is 16.3. The molecule has 1 aromatic rings. The lowest BCUT2D eigenvalue weighted by molar-refractivity contribution is -0.118. The fourth-order valence-electron chi connectivity index (χ4n) is 3.77. The molecule has 1 heterocycles. The first-order valence-electron chi connectivity index (χ1n) is 9.94. The number of carbonyl (C=O) groups excluding carboxylic acids is 1. The van der Waals surface area contributed by atoms with Crippen molar-refractivity contribution in [1.29, 1.82) is 0 Å². The van der Waals surface area contributed by atoms with Crippen molar-refractivity contribution < 1.29 is 4.79 Å². The van der Waals surface area contributed by atoms with Crippen LogP contribution in [0, 0.1) is 11.3 Å². The molecule has 0 atom stereocenters. The number of rotatable bonds is 5. The number of nitrogens with one attached hydrogen (secondary N) is 2. The molecule has 1 amide bonds. The number of benzene rings is 1. The first-order valence-corrected chi connectivity index (χ1v) is 9.94. The number of aliphatic imine (C=N–C) groups is 1. The lowest BCUT2D eigenvalue weighted by Crippen LogP contribution is -2.42. The van der Waals surface area contributed by atoms with Crippen LogP contribution in [-0.4, -0.2) is 36.4 Å². The summed E-state index contributed by atoms with van der Waals surface area (Å²) in [5.41, 5.74) is 2.57. The molecule has 1 spiro atoms. The second-order valence-electron chi connectivity index (χ2n) is 8.04. The minimum absolute atomic E-state index is 0.0126. The molecule has 0 bridgehead atoms. The third-order valence-corrected chi connectivity index (χ3v) is 5.64. The van der Waals surface area contributed by atoms with Gasteiger partial charge in [0.05, 0.1) is 6.54 Å². The number of anilines is 1. The summed E-state index contributed by atoms with van der Waals surface area (Å²) in [4.78, 5) is 19.0. The maximum atomic E-state index is 11.8. The van der Waals surface area contributed by atoms with E-state index in [1.165, 1.54) is 25.7 Å². The summed E-state index contributed by atoms with van der Waals surface area (Å²) in [7, 11) is 0. The van der Waals surface area contributed by atoms with Gasteiger partial charge in [0.15, 0.2) is 5.96 Å². The quantitative estimate of drug-likeness (QED) is 0.626. The van der Waals surface area contributed by atoms with E-state index in [1.54, 1.807) is 0 Å². The first-order chi connectivity index (χ1) is 12.5. The average molecular weight is 357 g/mol. The van der Waals surface area contributed by atoms with Gasteiger partial charge in [-0.1, -0.05) is 32.4 Å². The summed E-state index contributed by atoms with van der Waals surface area (Å²) in [6, 6.07) is 8.00. The van der Waals surface area contributed by atoms with Crippen LogP contribution in [0.1, 0.15) is 52.0 Å². The highest BCUT2D eigenvalue weighted by Crippen LogP contribution is 2.47. The van der Waals surface area contributed by atoms with E-state index in [9.17, 15) is 4.79 Å². The van der Waals surface area contributed by atoms with E-state index in [4.69, 9.17) is 4.99 Å². The standard InChI is InChI=1S/C21H32N4O/c1-4-22-20(25-13-12-21(15-25)10-5-11-21)23-14-17-6-8-18(9-7-17)24-19(26)16(2)3/h6-9,16H,4-5,10-15H2,1-3H3,(H,22,23)(H,24,26). The Balaban J connectivity index is 1.60. The highest BCUT2D eigenvalue weighted by Gasteiger charge is 2.43. The Labute approximate surface area is 157 Å². The van der Waals surface area contributed by atoms with Gasteiger partial charge in [0, 0.05) is 31.2 Å². The zero-order chi connectivity index (χ0) is 18.6. The van der Waals surface area contributed by atoms with Gasteiger partial charge >= 0.3 is 0 Å². The molecule has 0 radical (unpaired) electrons. The van der Waals surface area contributed by atoms with E-state index < -0.39 is 0 Å². The zero-order valence-corrected chi connectivity index (χ0v) is 16.3. The molecule has 5 nitrogen and oxygen atoms in total. The van der Waals surface area contributed by atoms with E-state index in [2.05, 4.69) is 22.5 Å². The number of likely N-dealkylation sites (tertiary alicyclic amines) is 1. The van der Waals surface area contributed by atoms with E-state index in [-0.39, 0.29) is 11.8 Å². The second kappa shape index (κ2) is 8.11. The van der Waals surface area contributed by atoms with Crippen molar-refractivity contribution in [1.82, 2.24) is 10.2 Å². The molecule has 1 aliphatic carbocycles. The number of guanidine groups is 1. The first kappa shape index (κ1) is 18.7. The summed E-state index contributed by atoms with van der Waals surface area (Å²) < 4.78 is 0. The number of carbonyl (C=O) groups is 1. The topological polar surface area (TPSA) is 56.7 Å².